The van der Waals surface area contributed by atoms with Crippen molar-refractivity contribution in [1.82, 2.24) is 10.4 Å². The molecule has 1 heterocycles. The number of amides is 1. The largest absolute Gasteiger partial charge is 0.465 e. The Bertz CT molecular complexity index is 652. The summed E-state index contributed by atoms with van der Waals surface area (Å²) >= 11 is 0. The van der Waals surface area contributed by atoms with E-state index in [1.165, 1.54) is 37.6 Å². The lowest BCUT2D eigenvalue weighted by Gasteiger charge is -2.02. The summed E-state index contributed by atoms with van der Waals surface area (Å²) in [7, 11) is 1.30. The van der Waals surface area contributed by atoms with Crippen LogP contribution in [0.1, 0.15) is 26.4 Å². The molecule has 0 unspecified atom stereocenters. The zero-order valence-electron chi connectivity index (χ0n) is 11.3. The van der Waals surface area contributed by atoms with Crippen molar-refractivity contribution in [2.45, 2.75) is 0 Å². The fourth-order valence-corrected chi connectivity index (χ4v) is 1.55. The Balaban J connectivity index is 1.97. The number of hydrazone groups is 1. The molecule has 0 saturated carbocycles. The Morgan fingerprint density at radius 2 is 1.86 bits per heavy atom. The van der Waals surface area contributed by atoms with Gasteiger partial charge in [-0.15, -0.1) is 0 Å². The van der Waals surface area contributed by atoms with Crippen molar-refractivity contribution >= 4 is 18.1 Å². The van der Waals surface area contributed by atoms with Gasteiger partial charge in [-0.2, -0.15) is 5.10 Å². The van der Waals surface area contributed by atoms with Gasteiger partial charge in [-0.05, 0) is 36.4 Å². The van der Waals surface area contributed by atoms with Gasteiger partial charge in [-0.25, -0.2) is 10.2 Å². The molecule has 1 aromatic heterocycles. The molecule has 0 bridgehead atoms. The van der Waals surface area contributed by atoms with E-state index in [2.05, 4.69) is 20.2 Å². The summed E-state index contributed by atoms with van der Waals surface area (Å²) in [6, 6.07) is 11.5. The van der Waals surface area contributed by atoms with Crippen LogP contribution in [0, 0.1) is 0 Å². The molecule has 1 N–H and O–H groups in total. The summed E-state index contributed by atoms with van der Waals surface area (Å²) < 4.78 is 4.58. The highest BCUT2D eigenvalue weighted by Crippen LogP contribution is 2.05. The highest BCUT2D eigenvalue weighted by atomic mass is 16.5. The Hall–Kier alpha value is -3.02. The van der Waals surface area contributed by atoms with Crippen molar-refractivity contribution in [3.63, 3.8) is 0 Å². The Labute approximate surface area is 121 Å². The number of pyridine rings is 1. The van der Waals surface area contributed by atoms with Gasteiger partial charge < -0.3 is 4.74 Å². The van der Waals surface area contributed by atoms with E-state index in [0.717, 1.165) is 0 Å². The minimum Gasteiger partial charge on any atom is -0.465 e. The van der Waals surface area contributed by atoms with Crippen LogP contribution in [0.3, 0.4) is 0 Å². The molecular weight excluding hydrogens is 270 g/mol. The minimum atomic E-state index is -0.449. The predicted molar refractivity (Wildman–Crippen MR) is 77.1 cm³/mol. The first-order valence-electron chi connectivity index (χ1n) is 6.13. The maximum Gasteiger partial charge on any atom is 0.337 e. The molecule has 0 aliphatic heterocycles. The molecule has 6 heteroatoms. The number of esters is 1. The number of methoxy groups -OCH3 is 1. The van der Waals surface area contributed by atoms with E-state index in [-0.39, 0.29) is 5.91 Å². The number of nitrogens with zero attached hydrogens (tertiary/aromatic N) is 2. The highest BCUT2D eigenvalue weighted by molar-refractivity contribution is 5.96. The molecule has 0 saturated heterocycles. The van der Waals surface area contributed by atoms with Gasteiger partial charge in [0.15, 0.2) is 0 Å². The third-order valence-corrected chi connectivity index (χ3v) is 2.62. The van der Waals surface area contributed by atoms with E-state index in [1.807, 2.05) is 6.07 Å². The predicted octanol–water partition coefficient (Wildman–Crippen LogP) is 1.63. The molecule has 21 heavy (non-hydrogen) atoms. The Morgan fingerprint density at radius 3 is 2.48 bits per heavy atom. The van der Waals surface area contributed by atoms with Gasteiger partial charge >= 0.3 is 5.97 Å². The third kappa shape index (κ3) is 3.97. The minimum absolute atomic E-state index is 0.376. The van der Waals surface area contributed by atoms with Crippen LogP contribution in [-0.4, -0.2) is 30.2 Å². The van der Waals surface area contributed by atoms with Crippen LogP contribution in [-0.2, 0) is 4.74 Å². The topological polar surface area (TPSA) is 80.7 Å². The fourth-order valence-electron chi connectivity index (χ4n) is 1.55. The summed E-state index contributed by atoms with van der Waals surface area (Å²) in [4.78, 5) is 27.1. The number of nitrogens with one attached hydrogen (secondary N) is 1. The lowest BCUT2D eigenvalue weighted by molar-refractivity contribution is 0.0600. The van der Waals surface area contributed by atoms with E-state index in [1.54, 1.807) is 18.3 Å². The summed E-state index contributed by atoms with van der Waals surface area (Å²) in [5.74, 6) is -0.825. The van der Waals surface area contributed by atoms with Gasteiger partial charge in [0, 0.05) is 11.8 Å². The SMILES string of the molecule is COC(=O)c1ccc(C(=O)NN=Cc2ccccn2)cc1. The van der Waals surface area contributed by atoms with E-state index in [4.69, 9.17) is 0 Å². The van der Waals surface area contributed by atoms with E-state index >= 15 is 0 Å². The average molecular weight is 283 g/mol. The third-order valence-electron chi connectivity index (χ3n) is 2.62. The maximum atomic E-state index is 11.8. The average Bonchev–Trinajstić information content (AvgIpc) is 2.55. The molecule has 0 fully saturated rings. The molecule has 6 nitrogen and oxygen atoms in total. The summed E-state index contributed by atoms with van der Waals surface area (Å²) in [5, 5.41) is 3.81. The molecule has 0 radical (unpaired) electrons. The summed E-state index contributed by atoms with van der Waals surface area (Å²) in [6.07, 6.45) is 3.08. The molecule has 2 rings (SSSR count). The number of hydrogen-bond donors (Lipinski definition) is 1. The van der Waals surface area contributed by atoms with Crippen LogP contribution in [0.5, 0.6) is 0 Å². The van der Waals surface area contributed by atoms with E-state index in [9.17, 15) is 9.59 Å². The van der Waals surface area contributed by atoms with Gasteiger partial charge in [0.25, 0.3) is 5.91 Å². The van der Waals surface area contributed by atoms with Crippen LogP contribution in [0.4, 0.5) is 0 Å². The number of hydrogen-bond acceptors (Lipinski definition) is 5. The van der Waals surface area contributed by atoms with Crippen LogP contribution in [0.15, 0.2) is 53.8 Å². The van der Waals surface area contributed by atoms with Gasteiger partial charge in [0.1, 0.15) is 0 Å². The van der Waals surface area contributed by atoms with Crippen molar-refractivity contribution in [3.05, 3.63) is 65.5 Å². The fraction of sp³-hybridized carbons (Fsp3) is 0.0667. The lowest BCUT2D eigenvalue weighted by atomic mass is 10.1. The highest BCUT2D eigenvalue weighted by Gasteiger charge is 2.08. The van der Waals surface area contributed by atoms with Crippen LogP contribution in [0.25, 0.3) is 0 Å². The van der Waals surface area contributed by atoms with Crippen LogP contribution < -0.4 is 5.43 Å². The smallest absolute Gasteiger partial charge is 0.337 e. The second kappa shape index (κ2) is 6.95. The van der Waals surface area contributed by atoms with E-state index in [0.29, 0.717) is 16.8 Å². The number of benzene rings is 1. The number of aromatic nitrogens is 1. The van der Waals surface area contributed by atoms with Gasteiger partial charge in [-0.1, -0.05) is 6.07 Å². The molecular formula is C15H13N3O3. The number of carbonyl (C=O) groups excluding carboxylic acids is 2. The lowest BCUT2D eigenvalue weighted by Crippen LogP contribution is -2.17. The first-order chi connectivity index (χ1) is 10.2. The molecule has 0 spiro atoms. The van der Waals surface area contributed by atoms with Crippen molar-refractivity contribution in [1.29, 1.82) is 0 Å². The van der Waals surface area contributed by atoms with Gasteiger partial charge in [-0.3, -0.25) is 9.78 Å². The summed E-state index contributed by atoms with van der Waals surface area (Å²) in [5.41, 5.74) is 3.79. The zero-order chi connectivity index (χ0) is 15.1. The van der Waals surface area contributed by atoms with Crippen molar-refractivity contribution in [3.8, 4) is 0 Å². The quantitative estimate of drug-likeness (QED) is 0.525. The molecule has 106 valence electrons. The van der Waals surface area contributed by atoms with Gasteiger partial charge in [0.05, 0.1) is 24.6 Å². The first-order valence-corrected chi connectivity index (χ1v) is 6.13. The first kappa shape index (κ1) is 14.4. The van der Waals surface area contributed by atoms with Crippen LogP contribution in [0.2, 0.25) is 0 Å². The Kier molecular flexibility index (Phi) is 4.76. The second-order valence-corrected chi connectivity index (χ2v) is 4.02. The second-order valence-electron chi connectivity index (χ2n) is 4.02. The molecule has 1 aromatic carbocycles. The van der Waals surface area contributed by atoms with Crippen molar-refractivity contribution in [2.24, 2.45) is 5.10 Å². The molecule has 0 aliphatic carbocycles. The molecule has 1 amide bonds. The van der Waals surface area contributed by atoms with Gasteiger partial charge in [0.2, 0.25) is 0 Å². The molecule has 0 atom stereocenters. The Morgan fingerprint density at radius 1 is 1.14 bits per heavy atom. The maximum absolute atomic E-state index is 11.8. The zero-order valence-corrected chi connectivity index (χ0v) is 11.3. The van der Waals surface area contributed by atoms with Crippen molar-refractivity contribution < 1.29 is 14.3 Å². The molecule has 2 aromatic rings. The van der Waals surface area contributed by atoms with E-state index < -0.39 is 5.97 Å². The number of rotatable bonds is 4. The van der Waals surface area contributed by atoms with Crippen LogP contribution >= 0.6 is 0 Å². The number of carbonyl (C=O) groups is 2. The summed E-state index contributed by atoms with van der Waals surface area (Å²) in [6.45, 7) is 0. The standard InChI is InChI=1S/C15H13N3O3/c1-21-15(20)12-7-5-11(6-8-12)14(19)18-17-10-13-4-2-3-9-16-13/h2-10H,1H3,(H,18,19). The number of ether oxygens (including phenoxy) is 1. The monoisotopic (exact) mass is 283 g/mol. The van der Waals surface area contributed by atoms with Crippen molar-refractivity contribution in [2.75, 3.05) is 7.11 Å². The normalized spacial score (nSPS) is 10.3. The molecule has 0 aliphatic rings.